The Morgan fingerprint density at radius 1 is 0.424 bits per heavy atom. The molecular weight excluding hydrogens is 436 g/mol. The van der Waals surface area contributed by atoms with Gasteiger partial charge < -0.3 is 0 Å². The zero-order valence-corrected chi connectivity index (χ0v) is 19.2. The van der Waals surface area contributed by atoms with E-state index in [1.165, 1.54) is 23.9 Å². The first-order chi connectivity index (χ1) is 15.3. The molecule has 12 heteroatoms. The SMILES string of the molecule is CC(C)(N1C(=O)CCC1=O)N1C(=O)CCC1=O.CN1C(=O)CCC1=O.CN1C(=O)CCC1=O. The van der Waals surface area contributed by atoms with Gasteiger partial charge in [-0.05, 0) is 13.8 Å². The number of carbonyl (C=O) groups excluding carboxylic acids is 8. The van der Waals surface area contributed by atoms with Crippen LogP contribution in [0.2, 0.25) is 0 Å². The molecule has 180 valence electrons. The molecule has 0 saturated carbocycles. The van der Waals surface area contributed by atoms with E-state index in [2.05, 4.69) is 0 Å². The summed E-state index contributed by atoms with van der Waals surface area (Å²) in [7, 11) is 3.02. The molecule has 0 radical (unpaired) electrons. The second-order valence-corrected chi connectivity index (χ2v) is 8.43. The van der Waals surface area contributed by atoms with E-state index in [1.807, 2.05) is 0 Å². The Morgan fingerprint density at radius 3 is 0.758 bits per heavy atom. The van der Waals surface area contributed by atoms with Crippen LogP contribution >= 0.6 is 0 Å². The van der Waals surface area contributed by atoms with Crippen molar-refractivity contribution in [2.45, 2.75) is 70.9 Å². The molecule has 12 nitrogen and oxygen atoms in total. The van der Waals surface area contributed by atoms with E-state index in [1.54, 1.807) is 13.8 Å². The van der Waals surface area contributed by atoms with Crippen LogP contribution in [0.25, 0.3) is 0 Å². The van der Waals surface area contributed by atoms with E-state index >= 15 is 0 Å². The third kappa shape index (κ3) is 5.49. The van der Waals surface area contributed by atoms with Gasteiger partial charge >= 0.3 is 0 Å². The molecule has 4 heterocycles. The maximum absolute atomic E-state index is 11.7. The molecule has 0 aromatic rings. The molecule has 0 aromatic carbocycles. The molecule has 8 amide bonds. The molecule has 4 aliphatic rings. The maximum Gasteiger partial charge on any atom is 0.231 e. The van der Waals surface area contributed by atoms with Crippen LogP contribution in [0, 0.1) is 0 Å². The molecule has 0 aliphatic carbocycles. The normalized spacial score (nSPS) is 21.2. The van der Waals surface area contributed by atoms with Crippen molar-refractivity contribution in [1.29, 1.82) is 0 Å². The number of imide groups is 4. The van der Waals surface area contributed by atoms with Crippen molar-refractivity contribution in [3.63, 3.8) is 0 Å². The smallest absolute Gasteiger partial charge is 0.231 e. The number of likely N-dealkylation sites (tertiary alicyclic amines) is 4. The standard InChI is InChI=1S/C11H14N2O4.2C5H7NO2/c1-11(2,12-7(14)3-4-8(12)15)13-9(16)5-6-10(13)17;2*1-6-4(7)2-3-5(6)8/h3-6H2,1-2H3;2*2-3H2,1H3. The summed E-state index contributed by atoms with van der Waals surface area (Å²) < 4.78 is 0. The van der Waals surface area contributed by atoms with Crippen LogP contribution in [0.1, 0.15) is 65.2 Å². The van der Waals surface area contributed by atoms with Crippen molar-refractivity contribution in [3.8, 4) is 0 Å². The van der Waals surface area contributed by atoms with Crippen molar-refractivity contribution < 1.29 is 38.4 Å². The van der Waals surface area contributed by atoms with Gasteiger partial charge in [-0.1, -0.05) is 0 Å². The van der Waals surface area contributed by atoms with E-state index in [-0.39, 0.29) is 72.9 Å². The van der Waals surface area contributed by atoms with Crippen LogP contribution in [0.15, 0.2) is 0 Å². The molecule has 0 bridgehead atoms. The lowest BCUT2D eigenvalue weighted by Crippen LogP contribution is -2.60. The van der Waals surface area contributed by atoms with Crippen LogP contribution in [0.5, 0.6) is 0 Å². The number of carbonyl (C=O) groups is 8. The largest absolute Gasteiger partial charge is 0.286 e. The van der Waals surface area contributed by atoms with Gasteiger partial charge in [-0.15, -0.1) is 0 Å². The van der Waals surface area contributed by atoms with Crippen molar-refractivity contribution >= 4 is 47.3 Å². The second-order valence-electron chi connectivity index (χ2n) is 8.43. The number of rotatable bonds is 2. The number of hydrogen-bond donors (Lipinski definition) is 0. The monoisotopic (exact) mass is 464 g/mol. The minimum Gasteiger partial charge on any atom is -0.286 e. The van der Waals surface area contributed by atoms with Gasteiger partial charge in [0.2, 0.25) is 47.3 Å². The zero-order valence-electron chi connectivity index (χ0n) is 19.2. The highest BCUT2D eigenvalue weighted by Gasteiger charge is 2.49. The molecule has 4 rings (SSSR count). The summed E-state index contributed by atoms with van der Waals surface area (Å²) in [6.07, 6.45) is 2.20. The first-order valence-electron chi connectivity index (χ1n) is 10.6. The summed E-state index contributed by atoms with van der Waals surface area (Å²) in [5.74, 6) is -1.55. The van der Waals surface area contributed by atoms with Crippen molar-refractivity contribution in [3.05, 3.63) is 0 Å². The topological polar surface area (TPSA) is 150 Å². The molecule has 0 unspecified atom stereocenters. The fourth-order valence-corrected chi connectivity index (χ4v) is 3.85. The summed E-state index contributed by atoms with van der Waals surface area (Å²) in [5.41, 5.74) is -1.19. The molecule has 0 spiro atoms. The lowest BCUT2D eigenvalue weighted by atomic mass is 10.1. The predicted molar refractivity (Wildman–Crippen MR) is 110 cm³/mol. The van der Waals surface area contributed by atoms with E-state index in [0.29, 0.717) is 25.7 Å². The lowest BCUT2D eigenvalue weighted by molar-refractivity contribution is -0.162. The zero-order chi connectivity index (χ0) is 25.1. The van der Waals surface area contributed by atoms with Crippen molar-refractivity contribution in [1.82, 2.24) is 19.6 Å². The quantitative estimate of drug-likeness (QED) is 0.499. The van der Waals surface area contributed by atoms with E-state index in [4.69, 9.17) is 0 Å². The fourth-order valence-electron chi connectivity index (χ4n) is 3.85. The first kappa shape index (κ1) is 25.8. The van der Waals surface area contributed by atoms with Gasteiger partial charge in [0, 0.05) is 65.5 Å². The summed E-state index contributed by atoms with van der Waals surface area (Å²) in [6, 6.07) is 0. The Kier molecular flexibility index (Phi) is 7.83. The molecule has 4 fully saturated rings. The van der Waals surface area contributed by atoms with E-state index < -0.39 is 5.66 Å². The molecule has 4 aliphatic heterocycles. The molecule has 33 heavy (non-hydrogen) atoms. The number of hydrogen-bond acceptors (Lipinski definition) is 8. The minimum absolute atomic E-state index is 0.0602. The Labute approximate surface area is 190 Å². The van der Waals surface area contributed by atoms with Crippen molar-refractivity contribution in [2.24, 2.45) is 0 Å². The predicted octanol–water partition coefficient (Wildman–Crippen LogP) is -0.449. The van der Waals surface area contributed by atoms with Crippen LogP contribution in [-0.4, -0.2) is 86.6 Å². The molecular formula is C21H28N4O8. The minimum atomic E-state index is -1.19. The lowest BCUT2D eigenvalue weighted by Gasteiger charge is -2.40. The Balaban J connectivity index is 0.000000200. The third-order valence-corrected chi connectivity index (χ3v) is 5.80. The second kappa shape index (κ2) is 10.0. The highest BCUT2D eigenvalue weighted by molar-refractivity contribution is 6.07. The van der Waals surface area contributed by atoms with Gasteiger partial charge in [-0.25, -0.2) is 0 Å². The third-order valence-electron chi connectivity index (χ3n) is 5.80. The van der Waals surface area contributed by atoms with Crippen LogP contribution in [0.4, 0.5) is 0 Å². The molecule has 4 saturated heterocycles. The summed E-state index contributed by atoms with van der Waals surface area (Å²) in [6.45, 7) is 3.10. The number of nitrogens with zero attached hydrogens (tertiary/aromatic N) is 4. The van der Waals surface area contributed by atoms with Gasteiger partial charge in [0.25, 0.3) is 0 Å². The summed E-state index contributed by atoms with van der Waals surface area (Å²) in [5, 5.41) is 0. The van der Waals surface area contributed by atoms with E-state index in [0.717, 1.165) is 9.80 Å². The highest BCUT2D eigenvalue weighted by atomic mass is 16.2. The summed E-state index contributed by atoms with van der Waals surface area (Å²) in [4.78, 5) is 93.0. The number of amides is 8. The van der Waals surface area contributed by atoms with Gasteiger partial charge in [-0.3, -0.25) is 58.0 Å². The summed E-state index contributed by atoms with van der Waals surface area (Å²) >= 11 is 0. The van der Waals surface area contributed by atoms with Crippen LogP contribution < -0.4 is 0 Å². The van der Waals surface area contributed by atoms with Gasteiger partial charge in [0.05, 0.1) is 0 Å². The molecule has 0 N–H and O–H groups in total. The Morgan fingerprint density at radius 2 is 0.606 bits per heavy atom. The van der Waals surface area contributed by atoms with Gasteiger partial charge in [-0.2, -0.15) is 0 Å². The van der Waals surface area contributed by atoms with Gasteiger partial charge in [0.1, 0.15) is 5.66 Å². The van der Waals surface area contributed by atoms with E-state index in [9.17, 15) is 38.4 Å². The first-order valence-corrected chi connectivity index (χ1v) is 10.6. The average Bonchev–Trinajstić information content (AvgIpc) is 3.45. The molecule has 0 aromatic heterocycles. The van der Waals surface area contributed by atoms with Crippen molar-refractivity contribution in [2.75, 3.05) is 14.1 Å². The maximum atomic E-state index is 11.7. The molecule has 0 atom stereocenters. The van der Waals surface area contributed by atoms with Crippen LogP contribution in [-0.2, 0) is 38.4 Å². The Hall–Kier alpha value is -3.44. The van der Waals surface area contributed by atoms with Crippen LogP contribution in [0.3, 0.4) is 0 Å². The Bertz CT molecular complexity index is 789. The highest BCUT2D eigenvalue weighted by Crippen LogP contribution is 2.30. The van der Waals surface area contributed by atoms with Gasteiger partial charge in [0.15, 0.2) is 0 Å². The average molecular weight is 464 g/mol. The fraction of sp³-hybridized carbons (Fsp3) is 0.619.